The molecular weight excluding hydrogens is 178 g/mol. The maximum Gasteiger partial charge on any atom is 0.509 e. The Morgan fingerprint density at radius 2 is 1.92 bits per heavy atom. The van der Waals surface area contributed by atoms with Crippen molar-refractivity contribution in [1.82, 2.24) is 0 Å². The summed E-state index contributed by atoms with van der Waals surface area (Å²) in [6.07, 6.45) is 0. The predicted octanol–water partition coefficient (Wildman–Crippen LogP) is 1.51. The van der Waals surface area contributed by atoms with Crippen LogP contribution >= 0.6 is 0 Å². The lowest BCUT2D eigenvalue weighted by Gasteiger charge is -2.18. The Labute approximate surface area is 74.8 Å². The van der Waals surface area contributed by atoms with Crippen molar-refractivity contribution in [2.75, 3.05) is 0 Å². The second-order valence-electron chi connectivity index (χ2n) is 2.97. The highest BCUT2D eigenvalue weighted by Gasteiger charge is 2.27. The second kappa shape index (κ2) is 3.42. The van der Waals surface area contributed by atoms with Gasteiger partial charge in [-0.05, 0) is 12.5 Å². The van der Waals surface area contributed by atoms with Crippen LogP contribution in [0.15, 0.2) is 18.2 Å². The van der Waals surface area contributed by atoms with Gasteiger partial charge < -0.3 is 18.7 Å². The van der Waals surface area contributed by atoms with E-state index in [2.05, 4.69) is 0 Å². The molecule has 0 aliphatic carbocycles. The Bertz CT molecular complexity index is 309. The fraction of sp³-hybridized carbons (Fsp3) is 0.250. The van der Waals surface area contributed by atoms with Crippen LogP contribution in [-0.4, -0.2) is 6.98 Å². The fourth-order valence-corrected chi connectivity index (χ4v) is 1.17. The van der Waals surface area contributed by atoms with Gasteiger partial charge in [0.2, 0.25) is 0 Å². The average Bonchev–Trinajstić information content (AvgIpc) is 2.03. The van der Waals surface area contributed by atoms with Gasteiger partial charge in [0.05, 0.1) is 0 Å². The standard InChI is InChI=1S/C8H10BF3N/c1-6-2-3-7(5-13)4-8(6)9(10,11)12/h2-4H,5,13H2,1H3/q-1. The zero-order chi connectivity index (χ0) is 10.1. The average molecular weight is 188 g/mol. The van der Waals surface area contributed by atoms with Gasteiger partial charge in [-0.15, -0.1) is 5.46 Å². The lowest BCUT2D eigenvalue weighted by molar-refractivity contribution is 0.500. The van der Waals surface area contributed by atoms with Crippen LogP contribution in [0.1, 0.15) is 11.1 Å². The minimum Gasteiger partial charge on any atom is -0.445 e. The summed E-state index contributed by atoms with van der Waals surface area (Å²) in [6, 6.07) is 4.18. The molecule has 0 aliphatic heterocycles. The van der Waals surface area contributed by atoms with Crippen molar-refractivity contribution in [3.63, 3.8) is 0 Å². The van der Waals surface area contributed by atoms with Gasteiger partial charge in [-0.1, -0.05) is 23.8 Å². The molecule has 0 radical (unpaired) electrons. The Kier molecular flexibility index (Phi) is 2.66. The summed E-state index contributed by atoms with van der Waals surface area (Å²) >= 11 is 0. The van der Waals surface area contributed by atoms with Crippen LogP contribution < -0.4 is 11.2 Å². The first-order valence-electron chi connectivity index (χ1n) is 3.94. The number of halogens is 3. The molecule has 1 nitrogen and oxygen atoms in total. The fourth-order valence-electron chi connectivity index (χ4n) is 1.17. The molecule has 1 aromatic rings. The van der Waals surface area contributed by atoms with Crippen LogP contribution in [0, 0.1) is 6.92 Å². The molecule has 72 valence electrons. The van der Waals surface area contributed by atoms with Gasteiger partial charge in [0.15, 0.2) is 0 Å². The van der Waals surface area contributed by atoms with E-state index in [0.29, 0.717) is 5.56 Å². The molecule has 2 N–H and O–H groups in total. The van der Waals surface area contributed by atoms with Crippen molar-refractivity contribution in [2.24, 2.45) is 5.73 Å². The molecule has 0 saturated carbocycles. The molecule has 0 fully saturated rings. The summed E-state index contributed by atoms with van der Waals surface area (Å²) < 4.78 is 37.2. The van der Waals surface area contributed by atoms with Gasteiger partial charge in [-0.25, -0.2) is 0 Å². The van der Waals surface area contributed by atoms with Gasteiger partial charge in [0, 0.05) is 6.54 Å². The van der Waals surface area contributed by atoms with Crippen LogP contribution in [0.2, 0.25) is 0 Å². The van der Waals surface area contributed by atoms with Gasteiger partial charge in [0.25, 0.3) is 0 Å². The summed E-state index contributed by atoms with van der Waals surface area (Å²) in [5.74, 6) is 0. The van der Waals surface area contributed by atoms with Crippen LogP contribution in [0.25, 0.3) is 0 Å². The summed E-state index contributed by atoms with van der Waals surface area (Å²) in [7, 11) is 0. The van der Waals surface area contributed by atoms with E-state index in [1.807, 2.05) is 0 Å². The van der Waals surface area contributed by atoms with Crippen LogP contribution in [0.4, 0.5) is 12.9 Å². The molecule has 0 aliphatic rings. The van der Waals surface area contributed by atoms with E-state index in [4.69, 9.17) is 5.73 Å². The third kappa shape index (κ3) is 2.24. The molecule has 1 aromatic carbocycles. The molecule has 0 aromatic heterocycles. The van der Waals surface area contributed by atoms with Crippen molar-refractivity contribution in [1.29, 1.82) is 0 Å². The smallest absolute Gasteiger partial charge is 0.445 e. The van der Waals surface area contributed by atoms with E-state index in [1.165, 1.54) is 13.0 Å². The van der Waals surface area contributed by atoms with Gasteiger partial charge in [-0.3, -0.25) is 0 Å². The van der Waals surface area contributed by atoms with Crippen molar-refractivity contribution >= 4 is 12.4 Å². The first-order valence-corrected chi connectivity index (χ1v) is 3.94. The van der Waals surface area contributed by atoms with E-state index < -0.39 is 12.4 Å². The molecule has 0 saturated heterocycles. The number of benzene rings is 1. The Balaban J connectivity index is 3.19. The number of hydrogen-bond acceptors (Lipinski definition) is 1. The summed E-state index contributed by atoms with van der Waals surface area (Å²) in [6.45, 7) is -3.32. The largest absolute Gasteiger partial charge is 0.509 e. The zero-order valence-corrected chi connectivity index (χ0v) is 7.23. The zero-order valence-electron chi connectivity index (χ0n) is 7.23. The van der Waals surface area contributed by atoms with Crippen molar-refractivity contribution in [3.8, 4) is 0 Å². The minimum absolute atomic E-state index is 0.138. The molecule has 0 atom stereocenters. The first-order chi connectivity index (χ1) is 5.95. The van der Waals surface area contributed by atoms with Gasteiger partial charge in [-0.2, -0.15) is 0 Å². The second-order valence-corrected chi connectivity index (χ2v) is 2.97. The SMILES string of the molecule is Cc1ccc(CN)cc1[B-](F)(F)F. The molecule has 0 bridgehead atoms. The van der Waals surface area contributed by atoms with Crippen LogP contribution in [0.3, 0.4) is 0 Å². The summed E-state index contributed by atoms with van der Waals surface area (Å²) in [5, 5.41) is 0. The predicted molar refractivity (Wildman–Crippen MR) is 47.8 cm³/mol. The highest BCUT2D eigenvalue weighted by atomic mass is 19.4. The monoisotopic (exact) mass is 188 g/mol. The van der Waals surface area contributed by atoms with E-state index in [0.717, 1.165) is 6.07 Å². The number of hydrogen-bond donors (Lipinski definition) is 1. The van der Waals surface area contributed by atoms with Crippen LogP contribution in [-0.2, 0) is 6.54 Å². The maximum atomic E-state index is 12.4. The number of aryl methyl sites for hydroxylation is 1. The molecule has 1 rings (SSSR count). The van der Waals surface area contributed by atoms with E-state index in [1.54, 1.807) is 6.07 Å². The van der Waals surface area contributed by atoms with Crippen LogP contribution in [0.5, 0.6) is 0 Å². The molecule has 0 unspecified atom stereocenters. The minimum atomic E-state index is -4.91. The van der Waals surface area contributed by atoms with E-state index >= 15 is 0 Å². The molecular formula is C8H10BF3N-. The Hall–Kier alpha value is -0.965. The highest BCUT2D eigenvalue weighted by Crippen LogP contribution is 2.13. The first kappa shape index (κ1) is 10.1. The molecule has 0 heterocycles. The topological polar surface area (TPSA) is 26.0 Å². The van der Waals surface area contributed by atoms with Crippen molar-refractivity contribution in [2.45, 2.75) is 13.5 Å². The molecule has 5 heteroatoms. The lowest BCUT2D eigenvalue weighted by atomic mass is 9.76. The Morgan fingerprint density at radius 1 is 1.31 bits per heavy atom. The van der Waals surface area contributed by atoms with E-state index in [-0.39, 0.29) is 12.1 Å². The van der Waals surface area contributed by atoms with E-state index in [9.17, 15) is 12.9 Å². The third-order valence-electron chi connectivity index (χ3n) is 1.93. The number of rotatable bonds is 2. The maximum absolute atomic E-state index is 12.4. The van der Waals surface area contributed by atoms with Crippen molar-refractivity contribution < 1.29 is 12.9 Å². The van der Waals surface area contributed by atoms with Gasteiger partial charge >= 0.3 is 6.98 Å². The quantitative estimate of drug-likeness (QED) is 0.699. The van der Waals surface area contributed by atoms with Crippen molar-refractivity contribution in [3.05, 3.63) is 29.3 Å². The normalized spacial score (nSPS) is 11.8. The third-order valence-corrected chi connectivity index (χ3v) is 1.93. The molecule has 0 spiro atoms. The molecule has 0 amide bonds. The van der Waals surface area contributed by atoms with Gasteiger partial charge in [0.1, 0.15) is 0 Å². The summed E-state index contributed by atoms with van der Waals surface area (Å²) in [5.41, 5.74) is 5.48. The molecule has 13 heavy (non-hydrogen) atoms. The summed E-state index contributed by atoms with van der Waals surface area (Å²) in [4.78, 5) is 0. The Morgan fingerprint density at radius 3 is 2.38 bits per heavy atom. The lowest BCUT2D eigenvalue weighted by Crippen LogP contribution is -2.36. The highest BCUT2D eigenvalue weighted by molar-refractivity contribution is 6.74. The number of nitrogens with two attached hydrogens (primary N) is 1.